The number of hydrogen-bond donors (Lipinski definition) is 1. The molecule has 4 aromatic rings. The molecule has 3 heterocycles. The van der Waals surface area contributed by atoms with Crippen LogP contribution in [-0.4, -0.2) is 33.8 Å². The first-order valence-electron chi connectivity index (χ1n) is 10.8. The number of benzene rings is 3. The lowest BCUT2D eigenvalue weighted by atomic mass is 9.89. The summed E-state index contributed by atoms with van der Waals surface area (Å²) in [7, 11) is 0. The number of carboxylic acid groups (broad SMARTS) is 1. The molecular weight excluding hydrogens is 454 g/mol. The zero-order valence-corrected chi connectivity index (χ0v) is 18.5. The van der Waals surface area contributed by atoms with Crippen molar-refractivity contribution in [2.24, 2.45) is 0 Å². The normalized spacial score (nSPS) is 19.4. The maximum absolute atomic E-state index is 13.8. The Labute approximate surface area is 199 Å². The highest BCUT2D eigenvalue weighted by atomic mass is 35.5. The number of urea groups is 1. The van der Waals surface area contributed by atoms with Crippen LogP contribution >= 0.6 is 11.6 Å². The fourth-order valence-electron chi connectivity index (χ4n) is 5.16. The Kier molecular flexibility index (Phi) is 4.50. The number of carboxylic acids is 1. The van der Waals surface area contributed by atoms with Crippen molar-refractivity contribution in [3.63, 3.8) is 0 Å². The summed E-state index contributed by atoms with van der Waals surface area (Å²) in [6.45, 7) is 0. The predicted octanol–water partition coefficient (Wildman–Crippen LogP) is 3.67. The Bertz CT molecular complexity index is 1510. The second kappa shape index (κ2) is 7.46. The molecule has 7 nitrogen and oxygen atoms in total. The molecule has 3 amide bonds. The Hall–Kier alpha value is -4.10. The Morgan fingerprint density at radius 1 is 1.00 bits per heavy atom. The molecule has 1 aromatic heterocycles. The zero-order chi connectivity index (χ0) is 23.6. The van der Waals surface area contributed by atoms with Crippen molar-refractivity contribution >= 4 is 46.1 Å². The van der Waals surface area contributed by atoms with Gasteiger partial charge in [-0.1, -0.05) is 60.1 Å². The van der Waals surface area contributed by atoms with Crippen LogP contribution in [0.25, 0.3) is 10.9 Å². The summed E-state index contributed by atoms with van der Waals surface area (Å²) in [6.07, 6.45) is 0.310. The van der Waals surface area contributed by atoms with Crippen LogP contribution in [0.15, 0.2) is 72.8 Å². The van der Waals surface area contributed by atoms with E-state index in [0.717, 1.165) is 32.6 Å². The van der Waals surface area contributed by atoms with Crippen LogP contribution in [0.3, 0.4) is 0 Å². The van der Waals surface area contributed by atoms with Crippen LogP contribution in [0.5, 0.6) is 0 Å². The van der Waals surface area contributed by atoms with E-state index >= 15 is 0 Å². The molecule has 2 atom stereocenters. The van der Waals surface area contributed by atoms with Crippen molar-refractivity contribution in [3.8, 4) is 0 Å². The summed E-state index contributed by atoms with van der Waals surface area (Å²) in [5.74, 6) is -1.93. The van der Waals surface area contributed by atoms with Crippen molar-refractivity contribution in [2.45, 2.75) is 18.5 Å². The number of aromatic carboxylic acids is 1. The molecule has 0 radical (unpaired) electrons. The minimum Gasteiger partial charge on any atom is -0.545 e. The number of aromatic nitrogens is 1. The lowest BCUT2D eigenvalue weighted by Gasteiger charge is -2.36. The predicted molar refractivity (Wildman–Crippen MR) is 125 cm³/mol. The fraction of sp³-hybridized carbons (Fsp3) is 0.115. The van der Waals surface area contributed by atoms with Crippen LogP contribution in [0, 0.1) is 0 Å². The first-order valence-corrected chi connectivity index (χ1v) is 11.1. The highest BCUT2D eigenvalue weighted by Gasteiger charge is 2.53. The molecule has 8 heteroatoms. The van der Waals surface area contributed by atoms with Gasteiger partial charge in [-0.15, -0.1) is 0 Å². The van der Waals surface area contributed by atoms with E-state index in [1.165, 1.54) is 23.1 Å². The SMILES string of the molecule is O=C([O-])c1ccccc1N1C(=O)[C@@H]2Cc3c([nH]c4ccccc34)[C@@H](c3cccc(Cl)c3)N2C1=O. The molecule has 1 saturated heterocycles. The second-order valence-electron chi connectivity index (χ2n) is 8.41. The summed E-state index contributed by atoms with van der Waals surface area (Å²) < 4.78 is 0. The number of imide groups is 1. The van der Waals surface area contributed by atoms with E-state index in [0.29, 0.717) is 11.4 Å². The van der Waals surface area contributed by atoms with E-state index in [4.69, 9.17) is 11.6 Å². The molecule has 0 bridgehead atoms. The second-order valence-corrected chi connectivity index (χ2v) is 8.84. The summed E-state index contributed by atoms with van der Waals surface area (Å²) in [5, 5.41) is 13.2. The number of carbonyl (C=O) groups is 3. The maximum atomic E-state index is 13.8. The third-order valence-corrected chi connectivity index (χ3v) is 6.81. The van der Waals surface area contributed by atoms with Crippen molar-refractivity contribution < 1.29 is 19.5 Å². The number of H-pyrrole nitrogens is 1. The van der Waals surface area contributed by atoms with Crippen molar-refractivity contribution in [1.82, 2.24) is 9.88 Å². The van der Waals surface area contributed by atoms with Crippen LogP contribution in [0.4, 0.5) is 10.5 Å². The average Bonchev–Trinajstić information content (AvgIpc) is 3.32. The molecule has 0 unspecified atom stereocenters. The lowest BCUT2D eigenvalue weighted by Crippen LogP contribution is -2.44. The van der Waals surface area contributed by atoms with E-state index in [2.05, 4.69) is 4.98 Å². The smallest absolute Gasteiger partial charge is 0.332 e. The van der Waals surface area contributed by atoms with Gasteiger partial charge in [0.25, 0.3) is 5.91 Å². The minimum absolute atomic E-state index is 0.00487. The van der Waals surface area contributed by atoms with Crippen LogP contribution in [0.1, 0.15) is 33.2 Å². The number of aromatic amines is 1. The number of nitrogens with zero attached hydrogens (tertiary/aromatic N) is 2. The van der Waals surface area contributed by atoms with Gasteiger partial charge in [-0.25, -0.2) is 9.69 Å². The first kappa shape index (κ1) is 20.5. The Morgan fingerprint density at radius 2 is 1.76 bits per heavy atom. The van der Waals surface area contributed by atoms with Gasteiger partial charge in [-0.3, -0.25) is 9.69 Å². The molecule has 0 spiro atoms. The molecule has 1 fully saturated rings. The number of halogens is 1. The van der Waals surface area contributed by atoms with E-state index in [-0.39, 0.29) is 11.3 Å². The van der Waals surface area contributed by atoms with E-state index < -0.39 is 30.0 Å². The number of nitrogens with one attached hydrogen (secondary N) is 1. The molecule has 1 N–H and O–H groups in total. The Morgan fingerprint density at radius 3 is 2.56 bits per heavy atom. The first-order chi connectivity index (χ1) is 16.5. The summed E-state index contributed by atoms with van der Waals surface area (Å²) in [5.41, 5.74) is 3.23. The molecule has 0 saturated carbocycles. The Balaban J connectivity index is 1.56. The average molecular weight is 471 g/mol. The van der Waals surface area contributed by atoms with Gasteiger partial charge >= 0.3 is 6.03 Å². The van der Waals surface area contributed by atoms with Gasteiger partial charge in [0.2, 0.25) is 0 Å². The number of amides is 3. The molecule has 2 aliphatic rings. The van der Waals surface area contributed by atoms with E-state index in [9.17, 15) is 19.5 Å². The highest BCUT2D eigenvalue weighted by molar-refractivity contribution is 6.30. The third-order valence-electron chi connectivity index (χ3n) is 6.58. The topological polar surface area (TPSA) is 96.5 Å². The summed E-state index contributed by atoms with van der Waals surface area (Å²) >= 11 is 6.29. The molecule has 6 rings (SSSR count). The highest BCUT2D eigenvalue weighted by Crippen LogP contribution is 2.45. The molecular formula is C26H17ClN3O4-. The van der Waals surface area contributed by atoms with Gasteiger partial charge in [0.1, 0.15) is 12.1 Å². The minimum atomic E-state index is -1.45. The van der Waals surface area contributed by atoms with Crippen LogP contribution in [0.2, 0.25) is 5.02 Å². The lowest BCUT2D eigenvalue weighted by molar-refractivity contribution is -0.254. The number of rotatable bonds is 3. The van der Waals surface area contributed by atoms with E-state index in [1.54, 1.807) is 24.3 Å². The number of hydrogen-bond acceptors (Lipinski definition) is 4. The number of para-hydroxylation sites is 2. The third kappa shape index (κ3) is 2.87. The number of fused-ring (bicyclic) bond motifs is 4. The van der Waals surface area contributed by atoms with Crippen molar-refractivity contribution in [3.05, 3.63) is 100 Å². The monoisotopic (exact) mass is 470 g/mol. The van der Waals surface area contributed by atoms with Gasteiger partial charge < -0.3 is 14.9 Å². The number of carbonyl (C=O) groups excluding carboxylic acids is 3. The zero-order valence-electron chi connectivity index (χ0n) is 17.7. The van der Waals surface area contributed by atoms with Gasteiger partial charge in [0.15, 0.2) is 0 Å². The summed E-state index contributed by atoms with van der Waals surface area (Å²) in [4.78, 5) is 45.1. The van der Waals surface area contributed by atoms with Gasteiger partial charge in [0.05, 0.1) is 11.7 Å². The molecule has 34 heavy (non-hydrogen) atoms. The fourth-order valence-corrected chi connectivity index (χ4v) is 5.36. The largest absolute Gasteiger partial charge is 0.545 e. The maximum Gasteiger partial charge on any atom is 0.332 e. The van der Waals surface area contributed by atoms with Crippen LogP contribution < -0.4 is 10.0 Å². The molecule has 2 aliphatic heterocycles. The molecule has 0 aliphatic carbocycles. The molecule has 168 valence electrons. The molecule has 3 aromatic carbocycles. The standard InChI is InChI=1S/C26H18ClN3O4/c27-15-7-5-6-14(12-15)23-22-18(16-8-1-3-10-19(16)28-22)13-21-24(31)30(26(34)29(21)23)20-11-4-2-9-17(20)25(32)33/h1-12,21,23,28H,13H2,(H,32,33)/p-1/t21-,23+/m0/s1. The van der Waals surface area contributed by atoms with E-state index in [1.807, 2.05) is 30.3 Å². The van der Waals surface area contributed by atoms with Crippen molar-refractivity contribution in [2.75, 3.05) is 4.90 Å². The quantitative estimate of drug-likeness (QED) is 0.462. The van der Waals surface area contributed by atoms with Gasteiger partial charge in [-0.2, -0.15) is 0 Å². The summed E-state index contributed by atoms with van der Waals surface area (Å²) in [6, 6.07) is 18.9. The number of anilines is 1. The van der Waals surface area contributed by atoms with Gasteiger partial charge in [-0.05, 0) is 35.4 Å². The van der Waals surface area contributed by atoms with Gasteiger partial charge in [0, 0.05) is 33.6 Å². The van der Waals surface area contributed by atoms with Crippen LogP contribution in [-0.2, 0) is 11.2 Å². The van der Waals surface area contributed by atoms with Crippen molar-refractivity contribution in [1.29, 1.82) is 0 Å².